The molecule has 2 aromatic rings. The van der Waals surface area contributed by atoms with Crippen molar-refractivity contribution in [1.29, 1.82) is 0 Å². The molecule has 150 valence electrons. The molecule has 1 aliphatic heterocycles. The molecule has 2 aromatic carbocycles. The number of hydrogen-bond donors (Lipinski definition) is 1. The van der Waals surface area contributed by atoms with Crippen molar-refractivity contribution in [2.75, 3.05) is 18.4 Å². The molecule has 1 heterocycles. The molecule has 1 saturated heterocycles. The predicted octanol–water partition coefficient (Wildman–Crippen LogP) is 4.14. The van der Waals surface area contributed by atoms with E-state index in [9.17, 15) is 13.2 Å². The van der Waals surface area contributed by atoms with Crippen LogP contribution in [0.15, 0.2) is 42.5 Å². The van der Waals surface area contributed by atoms with Gasteiger partial charge in [-0.3, -0.25) is 4.79 Å². The fourth-order valence-corrected chi connectivity index (χ4v) is 5.36. The van der Waals surface area contributed by atoms with Crippen molar-refractivity contribution >= 4 is 33.2 Å². The molecule has 0 saturated carbocycles. The smallest absolute Gasteiger partial charge is 0.228 e. The second-order valence-electron chi connectivity index (χ2n) is 7.28. The number of amides is 1. The quantitative estimate of drug-likeness (QED) is 0.790. The van der Waals surface area contributed by atoms with Crippen molar-refractivity contribution in [2.24, 2.45) is 5.92 Å². The van der Waals surface area contributed by atoms with Crippen molar-refractivity contribution < 1.29 is 13.2 Å². The first-order valence-electron chi connectivity index (χ1n) is 9.36. The Hall–Kier alpha value is -1.89. The molecule has 1 aliphatic rings. The third-order valence-corrected chi connectivity index (χ3v) is 7.47. The van der Waals surface area contributed by atoms with E-state index >= 15 is 0 Å². The van der Waals surface area contributed by atoms with E-state index in [1.807, 2.05) is 32.0 Å². The molecule has 0 spiro atoms. The molecule has 1 amide bonds. The van der Waals surface area contributed by atoms with Crippen LogP contribution in [-0.2, 0) is 20.6 Å². The van der Waals surface area contributed by atoms with Crippen molar-refractivity contribution in [2.45, 2.75) is 32.4 Å². The molecule has 3 rings (SSSR count). The van der Waals surface area contributed by atoms with Crippen LogP contribution in [0.4, 0.5) is 5.69 Å². The zero-order valence-corrected chi connectivity index (χ0v) is 17.7. The van der Waals surface area contributed by atoms with Crippen LogP contribution in [0, 0.1) is 19.8 Å². The van der Waals surface area contributed by atoms with Crippen LogP contribution in [0.25, 0.3) is 0 Å². The first-order chi connectivity index (χ1) is 13.3. The van der Waals surface area contributed by atoms with Crippen LogP contribution in [0.2, 0.25) is 5.02 Å². The molecular weight excluding hydrogens is 396 g/mol. The Morgan fingerprint density at radius 3 is 2.68 bits per heavy atom. The summed E-state index contributed by atoms with van der Waals surface area (Å²) in [6.45, 7) is 4.59. The fourth-order valence-electron chi connectivity index (χ4n) is 3.43. The fraction of sp³-hybridized carbons (Fsp3) is 0.381. The molecule has 0 bridgehead atoms. The van der Waals surface area contributed by atoms with E-state index < -0.39 is 10.0 Å². The summed E-state index contributed by atoms with van der Waals surface area (Å²) in [4.78, 5) is 12.8. The van der Waals surface area contributed by atoms with Gasteiger partial charge in [-0.25, -0.2) is 12.7 Å². The summed E-state index contributed by atoms with van der Waals surface area (Å²) in [5.74, 6) is -0.654. The number of piperidine rings is 1. The number of carbonyl (C=O) groups excluding carboxylic acids is 1. The number of sulfonamides is 1. The molecule has 1 fully saturated rings. The van der Waals surface area contributed by atoms with Crippen molar-refractivity contribution in [1.82, 2.24) is 4.31 Å². The Morgan fingerprint density at radius 1 is 1.18 bits per heavy atom. The number of hydrogen-bond acceptors (Lipinski definition) is 3. The summed E-state index contributed by atoms with van der Waals surface area (Å²) < 4.78 is 27.2. The first kappa shape index (κ1) is 20.8. The highest BCUT2D eigenvalue weighted by Crippen LogP contribution is 2.26. The van der Waals surface area contributed by atoms with Crippen LogP contribution in [0.5, 0.6) is 0 Å². The number of aryl methyl sites for hydroxylation is 1. The molecular formula is C21H25ClN2O3S. The maximum atomic E-state index is 12.9. The van der Waals surface area contributed by atoms with Gasteiger partial charge in [0.1, 0.15) is 0 Å². The van der Waals surface area contributed by atoms with E-state index in [-0.39, 0.29) is 24.1 Å². The standard InChI is InChI=1S/C21H25ClN2O3S/c1-15-7-5-11-20(16(15)2)23-21(25)17-9-6-12-24(13-17)28(26,27)14-18-8-3-4-10-19(18)22/h3-5,7-8,10-11,17H,6,9,12-14H2,1-2H3,(H,23,25). The van der Waals surface area contributed by atoms with Gasteiger partial charge in [-0.15, -0.1) is 0 Å². The maximum absolute atomic E-state index is 12.9. The molecule has 5 nitrogen and oxygen atoms in total. The molecule has 1 unspecified atom stereocenters. The summed E-state index contributed by atoms with van der Waals surface area (Å²) in [5, 5.41) is 3.41. The Morgan fingerprint density at radius 2 is 1.93 bits per heavy atom. The van der Waals surface area contributed by atoms with E-state index in [4.69, 9.17) is 11.6 Å². The minimum absolute atomic E-state index is 0.133. The zero-order valence-electron chi connectivity index (χ0n) is 16.1. The highest BCUT2D eigenvalue weighted by atomic mass is 35.5. The van der Waals surface area contributed by atoms with Gasteiger partial charge in [0, 0.05) is 23.8 Å². The second-order valence-corrected chi connectivity index (χ2v) is 9.66. The molecule has 0 aromatic heterocycles. The number of carbonyl (C=O) groups is 1. The van der Waals surface area contributed by atoms with Crippen molar-refractivity contribution in [3.8, 4) is 0 Å². The average molecular weight is 421 g/mol. The lowest BCUT2D eigenvalue weighted by atomic mass is 9.98. The van der Waals surface area contributed by atoms with Crippen LogP contribution in [-0.4, -0.2) is 31.7 Å². The van der Waals surface area contributed by atoms with E-state index in [1.165, 1.54) is 4.31 Å². The first-order valence-corrected chi connectivity index (χ1v) is 11.3. The Kier molecular flexibility index (Phi) is 6.43. The number of nitrogens with one attached hydrogen (secondary N) is 1. The largest absolute Gasteiger partial charge is 0.326 e. The topological polar surface area (TPSA) is 66.5 Å². The van der Waals surface area contributed by atoms with Gasteiger partial charge in [0.05, 0.1) is 11.7 Å². The van der Waals surface area contributed by atoms with Crippen LogP contribution < -0.4 is 5.32 Å². The number of halogens is 1. The summed E-state index contributed by atoms with van der Waals surface area (Å²) in [6, 6.07) is 12.7. The van der Waals surface area contributed by atoms with Gasteiger partial charge in [-0.05, 0) is 55.5 Å². The summed E-state index contributed by atoms with van der Waals surface area (Å²) >= 11 is 6.12. The number of rotatable bonds is 5. The van der Waals surface area contributed by atoms with E-state index in [0.29, 0.717) is 30.0 Å². The Balaban J connectivity index is 1.70. The van der Waals surface area contributed by atoms with E-state index in [0.717, 1.165) is 16.8 Å². The van der Waals surface area contributed by atoms with Gasteiger partial charge in [0.15, 0.2) is 0 Å². The van der Waals surface area contributed by atoms with Crippen molar-refractivity contribution in [3.63, 3.8) is 0 Å². The molecule has 28 heavy (non-hydrogen) atoms. The Bertz CT molecular complexity index is 975. The lowest BCUT2D eigenvalue weighted by Gasteiger charge is -2.31. The van der Waals surface area contributed by atoms with Crippen LogP contribution in [0.3, 0.4) is 0 Å². The van der Waals surface area contributed by atoms with Crippen LogP contribution >= 0.6 is 11.6 Å². The summed E-state index contributed by atoms with van der Waals surface area (Å²) in [5.41, 5.74) is 3.48. The molecule has 0 radical (unpaired) electrons. The number of benzene rings is 2. The highest BCUT2D eigenvalue weighted by molar-refractivity contribution is 7.88. The molecule has 7 heteroatoms. The number of anilines is 1. The van der Waals surface area contributed by atoms with Crippen molar-refractivity contribution in [3.05, 3.63) is 64.2 Å². The zero-order chi connectivity index (χ0) is 20.3. The van der Waals surface area contributed by atoms with E-state index in [2.05, 4.69) is 5.32 Å². The van der Waals surface area contributed by atoms with Gasteiger partial charge in [-0.2, -0.15) is 0 Å². The highest BCUT2D eigenvalue weighted by Gasteiger charge is 2.32. The van der Waals surface area contributed by atoms with E-state index in [1.54, 1.807) is 24.3 Å². The third-order valence-electron chi connectivity index (χ3n) is 5.31. The summed E-state index contributed by atoms with van der Waals surface area (Å²) in [7, 11) is -3.54. The second kappa shape index (κ2) is 8.64. The average Bonchev–Trinajstić information content (AvgIpc) is 2.67. The SMILES string of the molecule is Cc1cccc(NC(=O)C2CCCN(S(=O)(=O)Cc3ccccc3Cl)C2)c1C. The normalized spacial score (nSPS) is 18.0. The lowest BCUT2D eigenvalue weighted by Crippen LogP contribution is -2.44. The van der Waals surface area contributed by atoms with Gasteiger partial charge in [-0.1, -0.05) is 41.9 Å². The predicted molar refractivity (Wildman–Crippen MR) is 113 cm³/mol. The Labute approximate surface area is 171 Å². The minimum atomic E-state index is -3.54. The monoisotopic (exact) mass is 420 g/mol. The maximum Gasteiger partial charge on any atom is 0.228 e. The minimum Gasteiger partial charge on any atom is -0.326 e. The van der Waals surface area contributed by atoms with Gasteiger partial charge in [0.25, 0.3) is 0 Å². The van der Waals surface area contributed by atoms with Crippen LogP contribution in [0.1, 0.15) is 29.5 Å². The molecule has 0 aliphatic carbocycles. The lowest BCUT2D eigenvalue weighted by molar-refractivity contribution is -0.120. The molecule has 1 N–H and O–H groups in total. The van der Waals surface area contributed by atoms with Gasteiger partial charge in [0.2, 0.25) is 15.9 Å². The summed E-state index contributed by atoms with van der Waals surface area (Å²) in [6.07, 6.45) is 1.33. The third kappa shape index (κ3) is 4.74. The van der Waals surface area contributed by atoms with Gasteiger partial charge < -0.3 is 5.32 Å². The number of nitrogens with zero attached hydrogens (tertiary/aromatic N) is 1. The van der Waals surface area contributed by atoms with Gasteiger partial charge >= 0.3 is 0 Å². The molecule has 1 atom stereocenters.